The molecular weight excluding hydrogens is 406 g/mol. The first-order chi connectivity index (χ1) is 14.0. The lowest BCUT2D eigenvalue weighted by molar-refractivity contribution is 0.0951. The van der Waals surface area contributed by atoms with E-state index in [1.54, 1.807) is 54.7 Å². The van der Waals surface area contributed by atoms with Crippen molar-refractivity contribution in [2.75, 3.05) is 12.8 Å². The van der Waals surface area contributed by atoms with Crippen molar-refractivity contribution in [1.29, 1.82) is 0 Å². The Bertz CT molecular complexity index is 1040. The minimum absolute atomic E-state index is 0.161. The van der Waals surface area contributed by atoms with Gasteiger partial charge in [0.15, 0.2) is 0 Å². The highest BCUT2D eigenvalue weighted by atomic mass is 32.2. The normalized spacial score (nSPS) is 10.9. The second kappa shape index (κ2) is 9.80. The maximum atomic E-state index is 12.9. The Morgan fingerprint density at radius 2 is 2.07 bits per heavy atom. The van der Waals surface area contributed by atoms with Crippen LogP contribution >= 0.6 is 23.1 Å². The van der Waals surface area contributed by atoms with Crippen LogP contribution in [0, 0.1) is 13.8 Å². The van der Waals surface area contributed by atoms with E-state index in [2.05, 4.69) is 20.3 Å². The average Bonchev–Trinajstić information content (AvgIpc) is 3.13. The number of hydrogen-bond acceptors (Lipinski definition) is 7. The highest BCUT2D eigenvalue weighted by Gasteiger charge is 2.16. The highest BCUT2D eigenvalue weighted by Crippen LogP contribution is 2.15. The lowest BCUT2D eigenvalue weighted by Gasteiger charge is -2.11. The molecule has 7 nitrogen and oxygen atoms in total. The van der Waals surface area contributed by atoms with E-state index in [4.69, 9.17) is 0 Å². The molecule has 0 saturated carbocycles. The fraction of sp³-hybridized carbons (Fsp3) is 0.350. The van der Waals surface area contributed by atoms with E-state index in [0.29, 0.717) is 24.2 Å². The van der Waals surface area contributed by atoms with E-state index in [0.717, 1.165) is 22.1 Å². The summed E-state index contributed by atoms with van der Waals surface area (Å²) in [5, 5.41) is 5.95. The number of thiazole rings is 1. The van der Waals surface area contributed by atoms with Crippen LogP contribution in [-0.2, 0) is 18.7 Å². The van der Waals surface area contributed by atoms with Crippen molar-refractivity contribution in [3.05, 3.63) is 73.6 Å². The summed E-state index contributed by atoms with van der Waals surface area (Å²) in [6, 6.07) is 1.77. The Hall–Kier alpha value is -2.52. The summed E-state index contributed by atoms with van der Waals surface area (Å²) in [5.74, 6) is 0.530. The van der Waals surface area contributed by atoms with E-state index in [-0.39, 0.29) is 23.6 Å². The quantitative estimate of drug-likeness (QED) is 0.592. The van der Waals surface area contributed by atoms with Crippen LogP contribution in [-0.4, -0.2) is 38.2 Å². The van der Waals surface area contributed by atoms with E-state index >= 15 is 0 Å². The molecule has 3 aromatic rings. The summed E-state index contributed by atoms with van der Waals surface area (Å²) in [6.45, 7) is 4.32. The number of aromatic nitrogens is 4. The van der Waals surface area contributed by atoms with Crippen LogP contribution in [0.25, 0.3) is 0 Å². The number of nitrogens with one attached hydrogen (secondary N) is 1. The molecular formula is C20H23N5O2S2. The summed E-state index contributed by atoms with van der Waals surface area (Å²) in [5.41, 5.74) is 2.91. The number of carbonyl (C=O) groups is 1. The van der Waals surface area contributed by atoms with Crippen LogP contribution in [0.15, 0.2) is 34.8 Å². The lowest BCUT2D eigenvalue weighted by atomic mass is 10.1. The third kappa shape index (κ3) is 5.51. The maximum Gasteiger partial charge on any atom is 0.264 e. The van der Waals surface area contributed by atoms with E-state index in [9.17, 15) is 9.59 Å². The second-order valence-electron chi connectivity index (χ2n) is 6.63. The molecule has 3 heterocycles. The number of pyridine rings is 1. The molecule has 0 unspecified atom stereocenters. The Morgan fingerprint density at radius 1 is 1.24 bits per heavy atom. The lowest BCUT2D eigenvalue weighted by Crippen LogP contribution is -2.35. The molecule has 0 spiro atoms. The van der Waals surface area contributed by atoms with Gasteiger partial charge in [-0.25, -0.2) is 4.98 Å². The molecule has 152 valence electrons. The molecule has 0 radical (unpaired) electrons. The van der Waals surface area contributed by atoms with Gasteiger partial charge in [-0.2, -0.15) is 11.8 Å². The minimum Gasteiger partial charge on any atom is -0.351 e. The van der Waals surface area contributed by atoms with Crippen LogP contribution in [0.2, 0.25) is 0 Å². The molecule has 1 amide bonds. The number of amides is 1. The molecule has 1 N–H and O–H groups in total. The van der Waals surface area contributed by atoms with Crippen LogP contribution in [0.5, 0.6) is 0 Å². The molecule has 0 saturated heterocycles. The van der Waals surface area contributed by atoms with Gasteiger partial charge in [0.05, 0.1) is 29.8 Å². The zero-order valence-corrected chi connectivity index (χ0v) is 18.3. The van der Waals surface area contributed by atoms with E-state index in [1.807, 2.05) is 18.6 Å². The van der Waals surface area contributed by atoms with Gasteiger partial charge in [0.1, 0.15) is 10.6 Å². The molecule has 3 aromatic heterocycles. The fourth-order valence-corrected chi connectivity index (χ4v) is 4.34. The number of hydrogen-bond donors (Lipinski definition) is 1. The molecule has 0 atom stereocenters. The Labute approximate surface area is 177 Å². The SMILES string of the molecule is CSCc1nc(CCNC(=O)c2c(C)ccn(Cc3cnc(C)cn3)c2=O)cs1. The van der Waals surface area contributed by atoms with Crippen molar-refractivity contribution in [3.8, 4) is 0 Å². The fourth-order valence-electron chi connectivity index (χ4n) is 2.79. The van der Waals surface area contributed by atoms with Crippen molar-refractivity contribution in [1.82, 2.24) is 24.8 Å². The van der Waals surface area contributed by atoms with Crippen molar-refractivity contribution in [2.24, 2.45) is 0 Å². The Kier molecular flexibility index (Phi) is 7.16. The average molecular weight is 430 g/mol. The minimum atomic E-state index is -0.364. The first kappa shape index (κ1) is 21.2. The molecule has 0 aliphatic rings. The van der Waals surface area contributed by atoms with Gasteiger partial charge in [0.2, 0.25) is 0 Å². The van der Waals surface area contributed by atoms with Gasteiger partial charge >= 0.3 is 0 Å². The van der Waals surface area contributed by atoms with Crippen molar-refractivity contribution in [2.45, 2.75) is 32.6 Å². The third-order valence-electron chi connectivity index (χ3n) is 4.30. The zero-order valence-electron chi connectivity index (χ0n) is 16.6. The van der Waals surface area contributed by atoms with Crippen LogP contribution < -0.4 is 10.9 Å². The predicted molar refractivity (Wildman–Crippen MR) is 117 cm³/mol. The Morgan fingerprint density at radius 3 is 2.79 bits per heavy atom. The molecule has 3 rings (SSSR count). The van der Waals surface area contributed by atoms with Gasteiger partial charge in [0.25, 0.3) is 11.5 Å². The van der Waals surface area contributed by atoms with Gasteiger partial charge in [-0.05, 0) is 31.7 Å². The molecule has 0 aromatic carbocycles. The number of nitrogens with zero attached hydrogens (tertiary/aromatic N) is 4. The second-order valence-corrected chi connectivity index (χ2v) is 8.44. The smallest absolute Gasteiger partial charge is 0.264 e. The Balaban J connectivity index is 1.67. The van der Waals surface area contributed by atoms with Crippen molar-refractivity contribution in [3.63, 3.8) is 0 Å². The molecule has 0 bridgehead atoms. The summed E-state index contributed by atoms with van der Waals surface area (Å²) in [6.07, 6.45) is 7.65. The van der Waals surface area contributed by atoms with E-state index in [1.165, 1.54) is 4.57 Å². The summed E-state index contributed by atoms with van der Waals surface area (Å²) >= 11 is 3.36. The number of carbonyl (C=O) groups excluding carboxylic acids is 1. The summed E-state index contributed by atoms with van der Waals surface area (Å²) in [7, 11) is 0. The highest BCUT2D eigenvalue weighted by molar-refractivity contribution is 7.97. The predicted octanol–water partition coefficient (Wildman–Crippen LogP) is 2.60. The maximum absolute atomic E-state index is 12.9. The third-order valence-corrected chi connectivity index (χ3v) is 5.94. The molecule has 0 aliphatic carbocycles. The standard InChI is InChI=1S/C20H23N5O2S2/c1-13-5-7-25(10-16-9-22-14(2)8-23-16)20(27)18(13)19(26)21-6-4-15-11-29-17(24-15)12-28-3/h5,7-9,11H,4,6,10,12H2,1-3H3,(H,21,26). The monoisotopic (exact) mass is 429 g/mol. The van der Waals surface area contributed by atoms with Crippen LogP contribution in [0.1, 0.15) is 38.0 Å². The van der Waals surface area contributed by atoms with Crippen molar-refractivity contribution < 1.29 is 4.79 Å². The first-order valence-electron chi connectivity index (χ1n) is 9.16. The molecule has 29 heavy (non-hydrogen) atoms. The molecule has 0 aliphatic heterocycles. The van der Waals surface area contributed by atoms with Gasteiger partial charge in [-0.3, -0.25) is 19.6 Å². The number of aryl methyl sites for hydroxylation is 2. The van der Waals surface area contributed by atoms with E-state index < -0.39 is 0 Å². The summed E-state index contributed by atoms with van der Waals surface area (Å²) < 4.78 is 1.48. The summed E-state index contributed by atoms with van der Waals surface area (Å²) in [4.78, 5) is 38.5. The molecule has 9 heteroatoms. The van der Waals surface area contributed by atoms with Crippen LogP contribution in [0.3, 0.4) is 0 Å². The topological polar surface area (TPSA) is 89.8 Å². The van der Waals surface area contributed by atoms with Gasteiger partial charge in [-0.15, -0.1) is 11.3 Å². The zero-order chi connectivity index (χ0) is 20.8. The van der Waals surface area contributed by atoms with Crippen LogP contribution in [0.4, 0.5) is 0 Å². The molecule has 0 fully saturated rings. The first-order valence-corrected chi connectivity index (χ1v) is 11.4. The number of rotatable bonds is 8. The van der Waals surface area contributed by atoms with Gasteiger partial charge in [-0.1, -0.05) is 0 Å². The number of thioether (sulfide) groups is 1. The van der Waals surface area contributed by atoms with Gasteiger partial charge in [0, 0.05) is 36.5 Å². The van der Waals surface area contributed by atoms with Crippen molar-refractivity contribution >= 4 is 29.0 Å². The van der Waals surface area contributed by atoms with Gasteiger partial charge < -0.3 is 9.88 Å². The largest absolute Gasteiger partial charge is 0.351 e.